The summed E-state index contributed by atoms with van der Waals surface area (Å²) < 4.78 is 46.6. The third-order valence-electron chi connectivity index (χ3n) is 6.83. The van der Waals surface area contributed by atoms with E-state index in [0.717, 1.165) is 22.3 Å². The molecule has 5 rings (SSSR count). The van der Waals surface area contributed by atoms with Gasteiger partial charge in [0.25, 0.3) is 0 Å². The lowest BCUT2D eigenvalue weighted by molar-refractivity contribution is -0.298. The molecule has 40 heavy (non-hydrogen) atoms. The lowest BCUT2D eigenvalue weighted by Gasteiger charge is -2.43. The van der Waals surface area contributed by atoms with Crippen molar-refractivity contribution in [3.05, 3.63) is 144 Å². The Labute approximate surface area is 235 Å². The molecule has 4 aromatic carbocycles. The van der Waals surface area contributed by atoms with E-state index in [2.05, 4.69) is 0 Å². The molecule has 1 aliphatic rings. The maximum Gasteiger partial charge on any atom is 0.228 e. The molecule has 0 spiro atoms. The molecular weight excluding hydrogens is 507 g/mol. The Morgan fingerprint density at radius 1 is 0.475 bits per heavy atom. The van der Waals surface area contributed by atoms with Crippen molar-refractivity contribution < 1.29 is 28.1 Å². The summed E-state index contributed by atoms with van der Waals surface area (Å²) in [7, 11) is 0. The molecule has 0 N–H and O–H groups in total. The number of rotatable bonds is 13. The van der Waals surface area contributed by atoms with E-state index >= 15 is 4.39 Å². The van der Waals surface area contributed by atoms with Gasteiger partial charge in [0.1, 0.15) is 24.4 Å². The lowest BCUT2D eigenvalue weighted by Crippen LogP contribution is -2.60. The predicted octanol–water partition coefficient (Wildman–Crippen LogP) is 6.65. The Morgan fingerprint density at radius 2 is 0.850 bits per heavy atom. The summed E-state index contributed by atoms with van der Waals surface area (Å²) >= 11 is 0. The van der Waals surface area contributed by atoms with E-state index in [-0.39, 0.29) is 19.8 Å². The molecule has 5 nitrogen and oxygen atoms in total. The fourth-order valence-corrected chi connectivity index (χ4v) is 4.73. The van der Waals surface area contributed by atoms with Gasteiger partial charge in [-0.2, -0.15) is 0 Å². The minimum absolute atomic E-state index is 0.144. The summed E-state index contributed by atoms with van der Waals surface area (Å²) in [6.07, 6.45) is -4.77. The van der Waals surface area contributed by atoms with Crippen LogP contribution in [-0.2, 0) is 50.1 Å². The highest BCUT2D eigenvalue weighted by atomic mass is 19.1. The molecule has 5 atom stereocenters. The Bertz CT molecular complexity index is 1240. The zero-order valence-corrected chi connectivity index (χ0v) is 22.4. The van der Waals surface area contributed by atoms with Crippen LogP contribution in [0.25, 0.3) is 0 Å². The number of hydrogen-bond acceptors (Lipinski definition) is 5. The van der Waals surface area contributed by atoms with Gasteiger partial charge in [-0.05, 0) is 22.3 Å². The number of benzene rings is 4. The third-order valence-corrected chi connectivity index (χ3v) is 6.83. The average molecular weight is 543 g/mol. The van der Waals surface area contributed by atoms with E-state index in [1.807, 2.05) is 121 Å². The minimum Gasteiger partial charge on any atom is -0.374 e. The normalized spacial score (nSPS) is 22.7. The summed E-state index contributed by atoms with van der Waals surface area (Å²) in [5.74, 6) is 0. The smallest absolute Gasteiger partial charge is 0.228 e. The maximum absolute atomic E-state index is 15.7. The average Bonchev–Trinajstić information content (AvgIpc) is 3.01. The van der Waals surface area contributed by atoms with E-state index in [0.29, 0.717) is 13.2 Å². The molecule has 1 saturated heterocycles. The molecule has 4 aromatic rings. The van der Waals surface area contributed by atoms with Crippen LogP contribution in [0.1, 0.15) is 22.3 Å². The zero-order valence-electron chi connectivity index (χ0n) is 22.4. The van der Waals surface area contributed by atoms with E-state index < -0.39 is 30.8 Å². The molecule has 0 bridgehead atoms. The van der Waals surface area contributed by atoms with Crippen molar-refractivity contribution >= 4 is 0 Å². The molecule has 208 valence electrons. The Hall–Kier alpha value is -3.39. The second kappa shape index (κ2) is 14.8. The maximum atomic E-state index is 15.7. The lowest BCUT2D eigenvalue weighted by atomic mass is 9.98. The first-order valence-corrected chi connectivity index (χ1v) is 13.6. The Kier molecular flexibility index (Phi) is 10.4. The molecule has 1 aliphatic heterocycles. The molecular formula is C34H35FO5. The van der Waals surface area contributed by atoms with Gasteiger partial charge in [-0.3, -0.25) is 0 Å². The third kappa shape index (κ3) is 8.07. The van der Waals surface area contributed by atoms with Crippen LogP contribution in [-0.4, -0.2) is 37.4 Å². The molecule has 6 heteroatoms. The largest absolute Gasteiger partial charge is 0.374 e. The number of halogens is 1. The van der Waals surface area contributed by atoms with Crippen LogP contribution in [0.4, 0.5) is 4.39 Å². The van der Waals surface area contributed by atoms with Gasteiger partial charge in [0, 0.05) is 0 Å². The fraction of sp³-hybridized carbons (Fsp3) is 0.294. The SMILES string of the molecule is F[C@@H]1O[C@@H](COCc2ccccc2)[C@H](OCc2ccccc2)[C@@H](OCc2ccccc2)[C@@H]1OCc1ccccc1. The molecule has 0 saturated carbocycles. The molecule has 0 unspecified atom stereocenters. The van der Waals surface area contributed by atoms with Gasteiger partial charge in [-0.1, -0.05) is 121 Å². The molecule has 1 fully saturated rings. The van der Waals surface area contributed by atoms with Gasteiger partial charge in [-0.15, -0.1) is 0 Å². The van der Waals surface area contributed by atoms with Crippen molar-refractivity contribution in [2.75, 3.05) is 6.61 Å². The second-order valence-electron chi connectivity index (χ2n) is 9.81. The van der Waals surface area contributed by atoms with Crippen LogP contribution in [0.3, 0.4) is 0 Å². The van der Waals surface area contributed by atoms with Gasteiger partial charge in [-0.25, -0.2) is 4.39 Å². The molecule has 0 amide bonds. The van der Waals surface area contributed by atoms with Crippen LogP contribution >= 0.6 is 0 Å². The fourth-order valence-electron chi connectivity index (χ4n) is 4.73. The monoisotopic (exact) mass is 542 g/mol. The molecule has 0 aliphatic carbocycles. The quantitative estimate of drug-likeness (QED) is 0.189. The zero-order chi connectivity index (χ0) is 27.4. The Balaban J connectivity index is 1.36. The van der Waals surface area contributed by atoms with Gasteiger partial charge >= 0.3 is 0 Å². The van der Waals surface area contributed by atoms with E-state index in [1.165, 1.54) is 0 Å². The molecule has 0 radical (unpaired) electrons. The van der Waals surface area contributed by atoms with Crippen molar-refractivity contribution in [3.8, 4) is 0 Å². The van der Waals surface area contributed by atoms with Crippen molar-refractivity contribution in [1.82, 2.24) is 0 Å². The van der Waals surface area contributed by atoms with E-state index in [4.69, 9.17) is 23.7 Å². The van der Waals surface area contributed by atoms with Crippen LogP contribution in [0.15, 0.2) is 121 Å². The van der Waals surface area contributed by atoms with E-state index in [1.54, 1.807) is 0 Å². The van der Waals surface area contributed by atoms with Crippen LogP contribution in [0.2, 0.25) is 0 Å². The second-order valence-corrected chi connectivity index (χ2v) is 9.81. The first-order chi connectivity index (χ1) is 19.8. The van der Waals surface area contributed by atoms with E-state index in [9.17, 15) is 0 Å². The molecule has 0 aromatic heterocycles. The van der Waals surface area contributed by atoms with Gasteiger partial charge in [0.2, 0.25) is 6.36 Å². The van der Waals surface area contributed by atoms with Gasteiger partial charge in [0.05, 0.1) is 33.0 Å². The summed E-state index contributed by atoms with van der Waals surface area (Å²) in [5.41, 5.74) is 3.94. The number of hydrogen-bond donors (Lipinski definition) is 0. The summed E-state index contributed by atoms with van der Waals surface area (Å²) in [6, 6.07) is 39.2. The van der Waals surface area contributed by atoms with Crippen molar-refractivity contribution in [2.24, 2.45) is 0 Å². The van der Waals surface area contributed by atoms with Crippen molar-refractivity contribution in [2.45, 2.75) is 57.2 Å². The standard InChI is InChI=1S/C34H35FO5/c35-34-33(39-24-29-19-11-4-12-20-29)32(38-23-28-17-9-3-10-18-28)31(37-22-27-15-7-2-8-16-27)30(40-34)25-36-21-26-13-5-1-6-14-26/h1-20,30-34H,21-25H2/t30-,31-,32+,33-,34+/m0/s1. The number of alkyl halides is 1. The summed E-state index contributed by atoms with van der Waals surface area (Å²) in [6.45, 7) is 1.35. The first-order valence-electron chi connectivity index (χ1n) is 13.6. The van der Waals surface area contributed by atoms with Crippen LogP contribution in [0.5, 0.6) is 0 Å². The highest BCUT2D eigenvalue weighted by molar-refractivity contribution is 5.16. The topological polar surface area (TPSA) is 46.2 Å². The summed E-state index contributed by atoms with van der Waals surface area (Å²) in [4.78, 5) is 0. The van der Waals surface area contributed by atoms with Gasteiger partial charge in [0.15, 0.2) is 0 Å². The predicted molar refractivity (Wildman–Crippen MR) is 151 cm³/mol. The van der Waals surface area contributed by atoms with Crippen LogP contribution in [0, 0.1) is 0 Å². The summed E-state index contributed by atoms with van der Waals surface area (Å²) in [5, 5.41) is 0. The van der Waals surface area contributed by atoms with Crippen LogP contribution < -0.4 is 0 Å². The van der Waals surface area contributed by atoms with Gasteiger partial charge < -0.3 is 23.7 Å². The minimum atomic E-state index is -1.72. The highest BCUT2D eigenvalue weighted by Crippen LogP contribution is 2.31. The highest BCUT2D eigenvalue weighted by Gasteiger charge is 2.48. The first kappa shape index (κ1) is 28.1. The van der Waals surface area contributed by atoms with Crippen molar-refractivity contribution in [3.63, 3.8) is 0 Å². The molecule has 1 heterocycles. The Morgan fingerprint density at radius 3 is 1.30 bits per heavy atom. The number of ether oxygens (including phenoxy) is 5. The van der Waals surface area contributed by atoms with Crippen molar-refractivity contribution in [1.29, 1.82) is 0 Å².